The van der Waals surface area contributed by atoms with E-state index in [0.717, 1.165) is 32.7 Å². The molecule has 34 heavy (non-hydrogen) atoms. The third-order valence-corrected chi connectivity index (χ3v) is 8.35. The van der Waals surface area contributed by atoms with Gasteiger partial charge < -0.3 is 19.8 Å². The quantitative estimate of drug-likeness (QED) is 0.373. The van der Waals surface area contributed by atoms with E-state index in [0.29, 0.717) is 18.8 Å². The van der Waals surface area contributed by atoms with Crippen molar-refractivity contribution >= 4 is 23.8 Å². The van der Waals surface area contributed by atoms with Crippen molar-refractivity contribution in [2.24, 2.45) is 11.8 Å². The first-order chi connectivity index (χ1) is 16.3. The summed E-state index contributed by atoms with van der Waals surface area (Å²) in [6, 6.07) is 14.0. The molecule has 1 amide bonds. The zero-order chi connectivity index (χ0) is 24.1. The molecule has 0 bridgehead atoms. The number of carbonyl (C=O) groups excluding carboxylic acids is 2. The molecule has 5 rings (SSSR count). The van der Waals surface area contributed by atoms with Gasteiger partial charge in [0, 0.05) is 23.9 Å². The van der Waals surface area contributed by atoms with E-state index in [2.05, 4.69) is 22.5 Å². The molecule has 2 N–H and O–H groups in total. The summed E-state index contributed by atoms with van der Waals surface area (Å²) >= 11 is 1.57. The van der Waals surface area contributed by atoms with Gasteiger partial charge in [-0.1, -0.05) is 37.3 Å². The Bertz CT molecular complexity index is 1180. The Balaban J connectivity index is 1.44. The summed E-state index contributed by atoms with van der Waals surface area (Å²) in [7, 11) is 1.32. The molecule has 178 valence electrons. The number of hydrogen-bond acceptors (Lipinski definition) is 7. The lowest BCUT2D eigenvalue weighted by molar-refractivity contribution is -0.163. The number of benzene rings is 2. The van der Waals surface area contributed by atoms with E-state index in [9.17, 15) is 19.8 Å². The zero-order valence-electron chi connectivity index (χ0n) is 19.4. The number of methoxy groups -OCH3 is 1. The first-order valence-corrected chi connectivity index (χ1v) is 12.2. The predicted octanol–water partition coefficient (Wildman–Crippen LogP) is 2.95. The fourth-order valence-electron chi connectivity index (χ4n) is 5.47. The van der Waals surface area contributed by atoms with Crippen molar-refractivity contribution < 1.29 is 24.5 Å². The summed E-state index contributed by atoms with van der Waals surface area (Å²) in [6.45, 7) is 4.69. The van der Waals surface area contributed by atoms with Gasteiger partial charge >= 0.3 is 5.97 Å². The van der Waals surface area contributed by atoms with Gasteiger partial charge in [-0.05, 0) is 58.8 Å². The highest BCUT2D eigenvalue weighted by atomic mass is 32.2. The number of aliphatic hydroxyl groups is 2. The van der Waals surface area contributed by atoms with Crippen LogP contribution in [0.15, 0.2) is 58.6 Å². The lowest BCUT2D eigenvalue weighted by atomic mass is 9.78. The molecule has 4 unspecified atom stereocenters. The highest BCUT2D eigenvalue weighted by molar-refractivity contribution is 7.97. The van der Waals surface area contributed by atoms with Crippen LogP contribution >= 0.6 is 11.9 Å². The maximum absolute atomic E-state index is 12.8. The van der Waals surface area contributed by atoms with Crippen LogP contribution in [0.5, 0.6) is 0 Å². The van der Waals surface area contributed by atoms with Crippen molar-refractivity contribution in [2.75, 3.05) is 13.7 Å². The van der Waals surface area contributed by atoms with Gasteiger partial charge in [0.05, 0.1) is 31.8 Å². The first kappa shape index (κ1) is 23.1. The van der Waals surface area contributed by atoms with Gasteiger partial charge in [0.2, 0.25) is 5.91 Å². The van der Waals surface area contributed by atoms with Gasteiger partial charge in [-0.25, -0.2) is 9.10 Å². The Hall–Kier alpha value is -2.65. The second kappa shape index (κ2) is 8.85. The fourth-order valence-corrected chi connectivity index (χ4v) is 6.62. The second-order valence-electron chi connectivity index (χ2n) is 9.16. The molecule has 1 saturated heterocycles. The zero-order valence-corrected chi connectivity index (χ0v) is 20.2. The molecular formula is C26H28N2O5S. The summed E-state index contributed by atoms with van der Waals surface area (Å²) in [5.74, 6) is -1.33. The minimum atomic E-state index is -0.775. The van der Waals surface area contributed by atoms with Crippen LogP contribution in [0.25, 0.3) is 11.1 Å². The largest absolute Gasteiger partial charge is 0.464 e. The van der Waals surface area contributed by atoms with Crippen molar-refractivity contribution in [1.29, 1.82) is 0 Å². The molecular weight excluding hydrogens is 452 g/mol. The Morgan fingerprint density at radius 1 is 1.24 bits per heavy atom. The molecule has 1 fully saturated rings. The van der Waals surface area contributed by atoms with Crippen molar-refractivity contribution in [2.45, 2.75) is 44.0 Å². The van der Waals surface area contributed by atoms with Crippen molar-refractivity contribution in [1.82, 2.24) is 9.21 Å². The molecule has 4 atom stereocenters. The van der Waals surface area contributed by atoms with Gasteiger partial charge in [0.15, 0.2) is 0 Å². The third-order valence-electron chi connectivity index (χ3n) is 7.13. The predicted molar refractivity (Wildman–Crippen MR) is 128 cm³/mol. The number of hydrogen-bond donors (Lipinski definition) is 2. The highest BCUT2D eigenvalue weighted by Crippen LogP contribution is 2.49. The molecule has 0 aromatic heterocycles. The smallest absolute Gasteiger partial charge is 0.354 e. The number of nitrogens with zero attached hydrogens (tertiary/aromatic N) is 2. The average Bonchev–Trinajstić information content (AvgIpc) is 3.35. The average molecular weight is 481 g/mol. The molecule has 3 heterocycles. The lowest BCUT2D eigenvalue weighted by Gasteiger charge is -2.46. The summed E-state index contributed by atoms with van der Waals surface area (Å²) in [6.07, 6.45) is -0.775. The van der Waals surface area contributed by atoms with Gasteiger partial charge in [0.25, 0.3) is 0 Å². The number of fused-ring (bicyclic) bond motifs is 2. The number of esters is 1. The topological polar surface area (TPSA) is 90.3 Å². The molecule has 8 heteroatoms. The number of carbonyl (C=O) groups is 2. The second-order valence-corrected chi connectivity index (χ2v) is 10.3. The molecule has 2 aromatic rings. The van der Waals surface area contributed by atoms with Crippen LogP contribution < -0.4 is 0 Å². The lowest BCUT2D eigenvalue weighted by Crippen LogP contribution is -2.63. The standard InChI is InChI=1S/C26H28N2O5S/c1-14-20(23(26(32)33-3)28-22(14)21(15(2)30)25(28)31)12-27-11-18-9-17(16-7-5-4-6-8-16)10-19(13-29)24(18)34-27/h4-10,14-15,21-22,29-30H,11-13H2,1-3H3. The minimum absolute atomic E-state index is 0.0588. The monoisotopic (exact) mass is 480 g/mol. The summed E-state index contributed by atoms with van der Waals surface area (Å²) in [4.78, 5) is 28.0. The van der Waals surface area contributed by atoms with Crippen molar-refractivity contribution in [3.63, 3.8) is 0 Å². The molecule has 2 aromatic carbocycles. The Morgan fingerprint density at radius 2 is 1.97 bits per heavy atom. The van der Waals surface area contributed by atoms with E-state index in [4.69, 9.17) is 4.74 Å². The van der Waals surface area contributed by atoms with Crippen LogP contribution in [0.4, 0.5) is 0 Å². The number of rotatable bonds is 6. The maximum atomic E-state index is 12.8. The van der Waals surface area contributed by atoms with E-state index in [1.165, 1.54) is 12.0 Å². The van der Waals surface area contributed by atoms with Gasteiger partial charge in [-0.2, -0.15) is 0 Å². The van der Waals surface area contributed by atoms with Crippen LogP contribution in [0.3, 0.4) is 0 Å². The molecule has 0 aliphatic carbocycles. The summed E-state index contributed by atoms with van der Waals surface area (Å²) in [5, 5.41) is 20.2. The van der Waals surface area contributed by atoms with Crippen LogP contribution in [-0.4, -0.2) is 57.1 Å². The summed E-state index contributed by atoms with van der Waals surface area (Å²) < 4.78 is 7.18. The van der Waals surface area contributed by atoms with Crippen LogP contribution in [0, 0.1) is 11.8 Å². The van der Waals surface area contributed by atoms with Crippen molar-refractivity contribution in [3.05, 3.63) is 64.9 Å². The maximum Gasteiger partial charge on any atom is 0.354 e. The third kappa shape index (κ3) is 3.56. The first-order valence-electron chi connectivity index (χ1n) is 11.4. The highest BCUT2D eigenvalue weighted by Gasteiger charge is 2.60. The summed E-state index contributed by atoms with van der Waals surface area (Å²) in [5.41, 5.74) is 5.31. The fraction of sp³-hybridized carbons (Fsp3) is 0.385. The Labute approximate surface area is 203 Å². The minimum Gasteiger partial charge on any atom is -0.464 e. The van der Waals surface area contributed by atoms with E-state index < -0.39 is 18.0 Å². The number of β-lactam (4-membered cyclic amide) rings is 1. The van der Waals surface area contributed by atoms with Crippen LogP contribution in [-0.2, 0) is 27.5 Å². The van der Waals surface area contributed by atoms with Gasteiger partial charge in [0.1, 0.15) is 5.70 Å². The molecule has 7 nitrogen and oxygen atoms in total. The molecule has 0 saturated carbocycles. The van der Waals surface area contributed by atoms with Gasteiger partial charge in [-0.15, -0.1) is 0 Å². The molecule has 3 aliphatic heterocycles. The number of amides is 1. The molecule has 0 radical (unpaired) electrons. The SMILES string of the molecule is COC(=O)C1=C(CN2Cc3cc(-c4ccccc4)cc(CO)c3S2)C(C)C2C(C(C)O)C(=O)N12. The molecule has 3 aliphatic rings. The van der Waals surface area contributed by atoms with E-state index >= 15 is 0 Å². The van der Waals surface area contributed by atoms with E-state index in [-0.39, 0.29) is 24.5 Å². The van der Waals surface area contributed by atoms with Crippen LogP contribution in [0.2, 0.25) is 0 Å². The number of aliphatic hydroxyl groups excluding tert-OH is 2. The van der Waals surface area contributed by atoms with Gasteiger partial charge in [-0.3, -0.25) is 4.79 Å². The van der Waals surface area contributed by atoms with E-state index in [1.807, 2.05) is 31.2 Å². The van der Waals surface area contributed by atoms with Crippen LogP contribution in [0.1, 0.15) is 25.0 Å². The van der Waals surface area contributed by atoms with E-state index in [1.54, 1.807) is 18.9 Å². The normalized spacial score (nSPS) is 24.7. The number of ether oxygens (including phenoxy) is 1. The Morgan fingerprint density at radius 3 is 2.62 bits per heavy atom. The molecule has 0 spiro atoms. The Kier molecular flexibility index (Phi) is 6.02. The van der Waals surface area contributed by atoms with Crippen molar-refractivity contribution in [3.8, 4) is 11.1 Å².